The van der Waals surface area contributed by atoms with Gasteiger partial charge in [-0.05, 0) is 137 Å². The Balaban J connectivity index is 1.12. The van der Waals surface area contributed by atoms with Crippen LogP contribution < -0.4 is 4.90 Å². The lowest BCUT2D eigenvalue weighted by molar-refractivity contribution is 1.28. The van der Waals surface area contributed by atoms with Crippen molar-refractivity contribution in [2.24, 2.45) is 0 Å². The van der Waals surface area contributed by atoms with E-state index >= 15 is 0 Å². The highest BCUT2D eigenvalue weighted by Crippen LogP contribution is 2.58. The van der Waals surface area contributed by atoms with E-state index in [-0.39, 0.29) is 0 Å². The van der Waals surface area contributed by atoms with Crippen LogP contribution in [0.4, 0.5) is 17.1 Å². The van der Waals surface area contributed by atoms with Gasteiger partial charge in [0.25, 0.3) is 0 Å². The average molecular weight is 749 g/mol. The van der Waals surface area contributed by atoms with Crippen LogP contribution in [0, 0.1) is 11.3 Å². The number of nitriles is 1. The highest BCUT2D eigenvalue weighted by atomic mass is 15.1. The smallest absolute Gasteiger partial charge is 0.0991 e. The van der Waals surface area contributed by atoms with E-state index in [0.717, 1.165) is 33.8 Å². The minimum absolute atomic E-state index is 0.648. The number of hydrogen-bond acceptors (Lipinski definition) is 2. The Hall–Kier alpha value is -7.99. The van der Waals surface area contributed by atoms with Gasteiger partial charge in [-0.1, -0.05) is 170 Å². The molecule has 0 unspecified atom stereocenters. The van der Waals surface area contributed by atoms with E-state index in [9.17, 15) is 5.26 Å². The number of anilines is 3. The quantitative estimate of drug-likeness (QED) is 0.162. The molecule has 1 aliphatic carbocycles. The molecule has 11 rings (SSSR count). The van der Waals surface area contributed by atoms with Gasteiger partial charge in [-0.2, -0.15) is 5.26 Å². The van der Waals surface area contributed by atoms with Gasteiger partial charge in [-0.15, -0.1) is 0 Å². The van der Waals surface area contributed by atoms with Gasteiger partial charge in [0.15, 0.2) is 0 Å². The minimum atomic E-state index is 0.648. The molecule has 0 radical (unpaired) electrons. The van der Waals surface area contributed by atoms with Crippen LogP contribution in [0.5, 0.6) is 0 Å². The summed E-state index contributed by atoms with van der Waals surface area (Å²) in [5.74, 6) is 0. The topological polar surface area (TPSA) is 27.0 Å². The molecule has 0 saturated carbocycles. The van der Waals surface area contributed by atoms with E-state index in [1.165, 1.54) is 71.6 Å². The predicted molar refractivity (Wildman–Crippen MR) is 247 cm³/mol. The molecule has 0 heterocycles. The maximum Gasteiger partial charge on any atom is 0.0991 e. The Labute approximate surface area is 344 Å². The zero-order chi connectivity index (χ0) is 39.3. The third-order valence-corrected chi connectivity index (χ3v) is 11.8. The first-order valence-electron chi connectivity index (χ1n) is 20.1. The van der Waals surface area contributed by atoms with Crippen molar-refractivity contribution in [2.75, 3.05) is 4.90 Å². The molecule has 10 aromatic carbocycles. The van der Waals surface area contributed by atoms with E-state index < -0.39 is 0 Å². The molecule has 0 spiro atoms. The number of benzene rings is 10. The van der Waals surface area contributed by atoms with Crippen LogP contribution in [0.3, 0.4) is 0 Å². The predicted octanol–water partition coefficient (Wildman–Crippen LogP) is 15.6. The molecular formula is C57H36N2. The minimum Gasteiger partial charge on any atom is -0.310 e. The maximum atomic E-state index is 9.62. The Kier molecular flexibility index (Phi) is 8.24. The molecule has 2 heteroatoms. The highest BCUT2D eigenvalue weighted by Gasteiger charge is 2.31. The second-order valence-electron chi connectivity index (χ2n) is 15.1. The fourth-order valence-corrected chi connectivity index (χ4v) is 9.29. The number of fused-ring (bicyclic) bond motifs is 4. The lowest BCUT2D eigenvalue weighted by Gasteiger charge is -2.26. The van der Waals surface area contributed by atoms with Crippen LogP contribution in [0.25, 0.3) is 88.3 Å². The maximum absolute atomic E-state index is 9.62. The summed E-state index contributed by atoms with van der Waals surface area (Å²) in [4.78, 5) is 2.32. The highest BCUT2D eigenvalue weighted by molar-refractivity contribution is 6.28. The summed E-state index contributed by atoms with van der Waals surface area (Å²) in [6.45, 7) is 0. The Morgan fingerprint density at radius 2 is 0.746 bits per heavy atom. The normalized spacial score (nSPS) is 11.4. The lowest BCUT2D eigenvalue weighted by atomic mass is 9.82. The van der Waals surface area contributed by atoms with Gasteiger partial charge in [-0.3, -0.25) is 0 Å². The molecular weight excluding hydrogens is 713 g/mol. The van der Waals surface area contributed by atoms with Crippen LogP contribution in [-0.2, 0) is 0 Å². The first-order valence-corrected chi connectivity index (χ1v) is 20.1. The number of hydrogen-bond donors (Lipinski definition) is 0. The van der Waals surface area contributed by atoms with Gasteiger partial charge >= 0.3 is 0 Å². The summed E-state index contributed by atoms with van der Waals surface area (Å²) >= 11 is 0. The van der Waals surface area contributed by atoms with E-state index in [1.807, 2.05) is 18.2 Å². The van der Waals surface area contributed by atoms with Crippen molar-refractivity contribution in [3.63, 3.8) is 0 Å². The molecule has 0 amide bonds. The zero-order valence-electron chi connectivity index (χ0n) is 32.2. The average Bonchev–Trinajstić information content (AvgIpc) is 3.64. The van der Waals surface area contributed by atoms with Crippen LogP contribution in [0.2, 0.25) is 0 Å². The molecule has 274 valence electrons. The molecule has 0 aliphatic heterocycles. The Bertz CT molecular complexity index is 3180. The number of rotatable bonds is 7. The van der Waals surface area contributed by atoms with Gasteiger partial charge in [-0.25, -0.2) is 0 Å². The van der Waals surface area contributed by atoms with Crippen molar-refractivity contribution in [3.8, 4) is 72.8 Å². The standard InChI is InChI=1S/C57H36N2/c58-37-38-16-12-21-41(34-38)42-22-13-26-45(35-42)59(44-24-8-3-9-25-44)46-27-14-23-43(36-46)47-32-33-52-55-48(47)30-15-31-51(55)56-53(39-17-4-1-5-18-39)49-28-10-11-29-50(49)54(57(52)56)40-19-6-2-7-20-40/h1-36H. The van der Waals surface area contributed by atoms with Crippen molar-refractivity contribution in [2.45, 2.75) is 0 Å². The fourth-order valence-electron chi connectivity index (χ4n) is 9.29. The molecule has 59 heavy (non-hydrogen) atoms. The van der Waals surface area contributed by atoms with Gasteiger partial charge in [0, 0.05) is 17.1 Å². The summed E-state index contributed by atoms with van der Waals surface area (Å²) in [7, 11) is 0. The van der Waals surface area contributed by atoms with Crippen molar-refractivity contribution < 1.29 is 0 Å². The molecule has 0 atom stereocenters. The lowest BCUT2D eigenvalue weighted by Crippen LogP contribution is -2.10. The summed E-state index contributed by atoms with van der Waals surface area (Å²) in [6, 6.07) is 80.5. The first-order chi connectivity index (χ1) is 29.2. The van der Waals surface area contributed by atoms with E-state index in [1.54, 1.807) is 0 Å². The monoisotopic (exact) mass is 748 g/mol. The van der Waals surface area contributed by atoms with Crippen LogP contribution >= 0.6 is 0 Å². The fraction of sp³-hybridized carbons (Fsp3) is 0. The summed E-state index contributed by atoms with van der Waals surface area (Å²) in [5.41, 5.74) is 18.4. The third kappa shape index (κ3) is 5.72. The molecule has 0 bridgehead atoms. The largest absolute Gasteiger partial charge is 0.310 e. The molecule has 0 N–H and O–H groups in total. The number of nitrogens with zero attached hydrogens (tertiary/aromatic N) is 2. The second-order valence-corrected chi connectivity index (χ2v) is 15.1. The van der Waals surface area contributed by atoms with Crippen LogP contribution in [-0.4, -0.2) is 0 Å². The Morgan fingerprint density at radius 1 is 0.305 bits per heavy atom. The van der Waals surface area contributed by atoms with Crippen molar-refractivity contribution in [1.29, 1.82) is 5.26 Å². The summed E-state index contributed by atoms with van der Waals surface area (Å²) in [6.07, 6.45) is 0. The molecule has 0 aromatic heterocycles. The van der Waals surface area contributed by atoms with Gasteiger partial charge in [0.05, 0.1) is 11.6 Å². The zero-order valence-corrected chi connectivity index (χ0v) is 32.2. The number of para-hydroxylation sites is 1. The SMILES string of the molecule is N#Cc1cccc(-c2cccc(N(c3ccccc3)c3cccc(-c4ccc5c6c(cccc46)-c4c-5c(-c5ccccc5)c5ccccc5c4-c4ccccc4)c3)c2)c1. The van der Waals surface area contributed by atoms with Crippen LogP contribution in [0.1, 0.15) is 5.56 Å². The molecule has 0 fully saturated rings. The van der Waals surface area contributed by atoms with Crippen molar-refractivity contribution >= 4 is 38.6 Å². The van der Waals surface area contributed by atoms with E-state index in [2.05, 4.69) is 211 Å². The molecule has 0 saturated heterocycles. The van der Waals surface area contributed by atoms with Gasteiger partial charge in [0.1, 0.15) is 0 Å². The second kappa shape index (κ2) is 14.2. The summed E-state index contributed by atoms with van der Waals surface area (Å²) < 4.78 is 0. The summed E-state index contributed by atoms with van der Waals surface area (Å²) in [5, 5.41) is 14.7. The molecule has 1 aliphatic rings. The first kappa shape index (κ1) is 34.3. The van der Waals surface area contributed by atoms with Gasteiger partial charge in [0.2, 0.25) is 0 Å². The third-order valence-electron chi connectivity index (χ3n) is 11.8. The van der Waals surface area contributed by atoms with Crippen molar-refractivity contribution in [3.05, 3.63) is 224 Å². The Morgan fingerprint density at radius 3 is 1.37 bits per heavy atom. The van der Waals surface area contributed by atoms with Gasteiger partial charge < -0.3 is 4.90 Å². The van der Waals surface area contributed by atoms with E-state index in [0.29, 0.717) is 5.56 Å². The molecule has 2 nitrogen and oxygen atoms in total. The van der Waals surface area contributed by atoms with Crippen molar-refractivity contribution in [1.82, 2.24) is 0 Å². The molecule has 10 aromatic rings. The van der Waals surface area contributed by atoms with Crippen LogP contribution in [0.15, 0.2) is 218 Å². The van der Waals surface area contributed by atoms with E-state index in [4.69, 9.17) is 0 Å².